The van der Waals surface area contributed by atoms with Crippen LogP contribution in [0.5, 0.6) is 0 Å². The molecule has 0 atom stereocenters. The summed E-state index contributed by atoms with van der Waals surface area (Å²) in [6, 6.07) is 6.76. The number of benzene rings is 1. The molecule has 1 aliphatic rings. The maximum Gasteiger partial charge on any atom is 0.280 e. The maximum atomic E-state index is 13.3. The molecule has 1 amide bonds. The predicted octanol–water partition coefficient (Wildman–Crippen LogP) is 2.78. The molecular formula is C23H25FN8OS. The lowest BCUT2D eigenvalue weighted by atomic mass is 10.1. The molecule has 1 aliphatic heterocycles. The number of halogens is 1. The number of anilines is 1. The maximum absolute atomic E-state index is 13.3. The average Bonchev–Trinajstić information content (AvgIpc) is 3.51. The van der Waals surface area contributed by atoms with Crippen molar-refractivity contribution >= 4 is 34.4 Å². The van der Waals surface area contributed by atoms with Crippen LogP contribution in [-0.4, -0.2) is 67.5 Å². The van der Waals surface area contributed by atoms with Crippen molar-refractivity contribution in [1.29, 1.82) is 0 Å². The Labute approximate surface area is 200 Å². The van der Waals surface area contributed by atoms with Gasteiger partial charge in [0.05, 0.1) is 12.7 Å². The minimum absolute atomic E-state index is 0.116. The smallest absolute Gasteiger partial charge is 0.280 e. The molecular weight excluding hydrogens is 455 g/mol. The number of nitrogens with one attached hydrogen (secondary N) is 2. The van der Waals surface area contributed by atoms with Crippen molar-refractivity contribution < 1.29 is 9.18 Å². The van der Waals surface area contributed by atoms with Crippen LogP contribution in [0, 0.1) is 5.82 Å². The fourth-order valence-corrected chi connectivity index (χ4v) is 4.68. The largest absolute Gasteiger partial charge is 0.353 e. The van der Waals surface area contributed by atoms with E-state index in [0.29, 0.717) is 18.1 Å². The van der Waals surface area contributed by atoms with Gasteiger partial charge in [-0.1, -0.05) is 12.1 Å². The highest BCUT2D eigenvalue weighted by Gasteiger charge is 2.22. The molecule has 11 heteroatoms. The van der Waals surface area contributed by atoms with Gasteiger partial charge in [-0.2, -0.15) is 0 Å². The Bertz CT molecular complexity index is 1240. The fourth-order valence-electron chi connectivity index (χ4n) is 4.13. The Balaban J connectivity index is 1.18. The molecule has 0 saturated carbocycles. The summed E-state index contributed by atoms with van der Waals surface area (Å²) in [6.45, 7) is 3.81. The van der Waals surface area contributed by atoms with E-state index in [0.717, 1.165) is 55.2 Å². The molecule has 4 heterocycles. The van der Waals surface area contributed by atoms with E-state index in [1.165, 1.54) is 29.8 Å². The van der Waals surface area contributed by atoms with E-state index in [2.05, 4.69) is 30.5 Å². The van der Waals surface area contributed by atoms with Gasteiger partial charge in [0.1, 0.15) is 17.7 Å². The lowest BCUT2D eigenvalue weighted by Crippen LogP contribution is -2.43. The lowest BCUT2D eigenvalue weighted by Gasteiger charge is -2.32. The van der Waals surface area contributed by atoms with Crippen molar-refractivity contribution in [3.63, 3.8) is 0 Å². The quantitative estimate of drug-likeness (QED) is 0.400. The average molecular weight is 481 g/mol. The molecule has 176 valence electrons. The van der Waals surface area contributed by atoms with Gasteiger partial charge in [0.2, 0.25) is 5.95 Å². The van der Waals surface area contributed by atoms with Gasteiger partial charge in [-0.15, -0.1) is 11.3 Å². The van der Waals surface area contributed by atoms with Gasteiger partial charge in [0.15, 0.2) is 10.7 Å². The SMILES string of the molecule is O=C(NCCN1CCC(Nc2nc3cncnc3n2Cc2ccc(F)cc2)CC1)c1nccs1. The topological polar surface area (TPSA) is 101 Å². The number of piperidine rings is 1. The Hall–Kier alpha value is -3.44. The zero-order valence-corrected chi connectivity index (χ0v) is 19.3. The number of thiazole rings is 1. The van der Waals surface area contributed by atoms with Gasteiger partial charge in [0.25, 0.3) is 5.91 Å². The van der Waals surface area contributed by atoms with Gasteiger partial charge in [-0.05, 0) is 30.5 Å². The number of nitrogens with zero attached hydrogens (tertiary/aromatic N) is 6. The molecule has 0 unspecified atom stereocenters. The van der Waals surface area contributed by atoms with Crippen LogP contribution in [0.15, 0.2) is 48.4 Å². The van der Waals surface area contributed by atoms with Gasteiger partial charge in [-0.25, -0.2) is 24.3 Å². The van der Waals surface area contributed by atoms with Crippen molar-refractivity contribution in [3.8, 4) is 0 Å². The number of amides is 1. The summed E-state index contributed by atoms with van der Waals surface area (Å²) in [5.74, 6) is 0.373. The molecule has 1 fully saturated rings. The first kappa shape index (κ1) is 22.4. The monoisotopic (exact) mass is 480 g/mol. The van der Waals surface area contributed by atoms with Crippen molar-refractivity contribution in [2.24, 2.45) is 0 Å². The van der Waals surface area contributed by atoms with Gasteiger partial charge in [-0.3, -0.25) is 9.36 Å². The summed E-state index contributed by atoms with van der Waals surface area (Å²) in [7, 11) is 0. The van der Waals surface area contributed by atoms with E-state index >= 15 is 0 Å². The second-order valence-electron chi connectivity index (χ2n) is 8.23. The molecule has 0 radical (unpaired) electrons. The second kappa shape index (κ2) is 10.2. The number of imidazole rings is 1. The Morgan fingerprint density at radius 2 is 2.00 bits per heavy atom. The van der Waals surface area contributed by atoms with Crippen LogP contribution in [0.1, 0.15) is 28.2 Å². The molecule has 0 aliphatic carbocycles. The summed E-state index contributed by atoms with van der Waals surface area (Å²) < 4.78 is 15.4. The molecule has 5 rings (SSSR count). The Kier molecular flexibility index (Phi) is 6.72. The van der Waals surface area contributed by atoms with Gasteiger partial charge in [0, 0.05) is 43.8 Å². The molecule has 1 saturated heterocycles. The van der Waals surface area contributed by atoms with Crippen molar-refractivity contribution in [2.45, 2.75) is 25.4 Å². The summed E-state index contributed by atoms with van der Waals surface area (Å²) >= 11 is 1.34. The van der Waals surface area contributed by atoms with Crippen molar-refractivity contribution in [3.05, 3.63) is 64.8 Å². The van der Waals surface area contributed by atoms with Crippen LogP contribution < -0.4 is 10.6 Å². The van der Waals surface area contributed by atoms with Gasteiger partial charge < -0.3 is 15.5 Å². The lowest BCUT2D eigenvalue weighted by molar-refractivity contribution is 0.0945. The second-order valence-corrected chi connectivity index (χ2v) is 9.13. The van der Waals surface area contributed by atoms with Crippen LogP contribution in [0.25, 0.3) is 11.2 Å². The molecule has 34 heavy (non-hydrogen) atoms. The van der Waals surface area contributed by atoms with E-state index in [4.69, 9.17) is 4.98 Å². The minimum atomic E-state index is -0.255. The molecule has 9 nitrogen and oxygen atoms in total. The number of hydrogen-bond acceptors (Lipinski definition) is 8. The van der Waals surface area contributed by atoms with Crippen LogP contribution in [0.2, 0.25) is 0 Å². The highest BCUT2D eigenvalue weighted by atomic mass is 32.1. The molecule has 4 aromatic rings. The summed E-state index contributed by atoms with van der Waals surface area (Å²) in [5.41, 5.74) is 2.44. The zero-order valence-electron chi connectivity index (χ0n) is 18.5. The summed E-state index contributed by atoms with van der Waals surface area (Å²) in [4.78, 5) is 31.6. The first-order chi connectivity index (χ1) is 16.7. The van der Waals surface area contributed by atoms with Crippen LogP contribution in [0.3, 0.4) is 0 Å². The zero-order chi connectivity index (χ0) is 23.3. The number of aromatic nitrogens is 5. The van der Waals surface area contributed by atoms with E-state index in [-0.39, 0.29) is 17.8 Å². The van der Waals surface area contributed by atoms with E-state index in [1.54, 1.807) is 29.9 Å². The third-order valence-corrected chi connectivity index (χ3v) is 6.70. The van der Waals surface area contributed by atoms with Crippen LogP contribution >= 0.6 is 11.3 Å². The molecule has 1 aromatic carbocycles. The number of carbonyl (C=O) groups is 1. The van der Waals surface area contributed by atoms with E-state index in [1.807, 2.05) is 4.57 Å². The highest BCUT2D eigenvalue weighted by Crippen LogP contribution is 2.22. The predicted molar refractivity (Wildman–Crippen MR) is 128 cm³/mol. The normalized spacial score (nSPS) is 15.0. The number of likely N-dealkylation sites (tertiary alicyclic amines) is 1. The summed E-state index contributed by atoms with van der Waals surface area (Å²) in [5, 5.41) is 8.82. The van der Waals surface area contributed by atoms with Crippen LogP contribution in [-0.2, 0) is 6.54 Å². The molecule has 3 aromatic heterocycles. The number of rotatable bonds is 8. The first-order valence-corrected chi connectivity index (χ1v) is 12.1. The number of carbonyl (C=O) groups excluding carboxylic acids is 1. The first-order valence-electron chi connectivity index (χ1n) is 11.2. The molecule has 0 spiro atoms. The van der Waals surface area contributed by atoms with E-state index in [9.17, 15) is 9.18 Å². The minimum Gasteiger partial charge on any atom is -0.353 e. The Morgan fingerprint density at radius 1 is 1.18 bits per heavy atom. The number of fused-ring (bicyclic) bond motifs is 1. The summed E-state index contributed by atoms with van der Waals surface area (Å²) in [6.07, 6.45) is 6.79. The standard InChI is InChI=1S/C23H25FN8OS/c24-17-3-1-16(2-4-17)14-32-20-19(13-25-15-28-20)30-23(32)29-18-5-9-31(10-6-18)11-7-26-21(33)22-27-8-12-34-22/h1-4,8,12-13,15,18H,5-7,9-11,14H2,(H,26,33)(H,29,30). The third-order valence-electron chi connectivity index (χ3n) is 5.93. The molecule has 0 bridgehead atoms. The highest BCUT2D eigenvalue weighted by molar-refractivity contribution is 7.11. The fraction of sp³-hybridized carbons (Fsp3) is 0.348. The van der Waals surface area contributed by atoms with Crippen LogP contribution in [0.4, 0.5) is 10.3 Å². The third kappa shape index (κ3) is 5.20. The van der Waals surface area contributed by atoms with Gasteiger partial charge >= 0.3 is 0 Å². The number of hydrogen-bond donors (Lipinski definition) is 2. The van der Waals surface area contributed by atoms with Crippen molar-refractivity contribution in [1.82, 2.24) is 34.7 Å². The Morgan fingerprint density at radius 3 is 2.76 bits per heavy atom. The van der Waals surface area contributed by atoms with Crippen molar-refractivity contribution in [2.75, 3.05) is 31.5 Å². The van der Waals surface area contributed by atoms with E-state index < -0.39 is 0 Å². The molecule has 2 N–H and O–H groups in total.